The van der Waals surface area contributed by atoms with Gasteiger partial charge >= 0.3 is 0 Å². The van der Waals surface area contributed by atoms with Gasteiger partial charge in [-0.05, 0) is 37.8 Å². The van der Waals surface area contributed by atoms with Crippen LogP contribution in [-0.2, 0) is 0 Å². The van der Waals surface area contributed by atoms with Crippen molar-refractivity contribution in [3.63, 3.8) is 0 Å². The van der Waals surface area contributed by atoms with E-state index in [2.05, 4.69) is 0 Å². The van der Waals surface area contributed by atoms with E-state index in [4.69, 9.17) is 7.48 Å². The Morgan fingerprint density at radius 3 is 3.00 bits per heavy atom. The first-order chi connectivity index (χ1) is 7.18. The highest BCUT2D eigenvalue weighted by Crippen LogP contribution is 2.25. The molecule has 1 fully saturated rings. The van der Waals surface area contributed by atoms with Gasteiger partial charge in [0, 0.05) is 6.04 Å². The second kappa shape index (κ2) is 3.69. The van der Waals surface area contributed by atoms with E-state index in [1.165, 1.54) is 18.9 Å². The van der Waals surface area contributed by atoms with Gasteiger partial charge in [-0.3, -0.25) is 0 Å². The molecule has 1 aromatic rings. The van der Waals surface area contributed by atoms with Crippen molar-refractivity contribution in [2.75, 3.05) is 0 Å². The summed E-state index contributed by atoms with van der Waals surface area (Å²) in [6.07, 6.45) is 4.54. The van der Waals surface area contributed by atoms with Gasteiger partial charge in [0.05, 0.1) is 8.85 Å². The summed E-state index contributed by atoms with van der Waals surface area (Å²) in [5.41, 5.74) is 0. The summed E-state index contributed by atoms with van der Waals surface area (Å²) in [5, 5.41) is 9.41. The van der Waals surface area contributed by atoms with Crippen LogP contribution in [0.15, 0.2) is 24.2 Å². The molecule has 0 saturated heterocycles. The Bertz CT molecular complexity index is 360. The Hall–Kier alpha value is -1.18. The van der Waals surface area contributed by atoms with Crippen molar-refractivity contribution in [1.29, 1.82) is 0 Å². The molecule has 0 bridgehead atoms. The Morgan fingerprint density at radius 1 is 1.46 bits per heavy atom. The summed E-state index contributed by atoms with van der Waals surface area (Å²) >= 11 is 0. The molecule has 2 rings (SSSR count). The molecule has 0 aromatic heterocycles. The van der Waals surface area contributed by atoms with Crippen LogP contribution in [0.4, 0.5) is 0 Å². The van der Waals surface area contributed by atoms with Gasteiger partial charge in [-0.1, -0.05) is 6.07 Å². The van der Waals surface area contributed by atoms with E-state index >= 15 is 0 Å². The van der Waals surface area contributed by atoms with E-state index in [1.54, 1.807) is 6.07 Å². The molecule has 1 aliphatic rings. The standard InChI is InChI=1S/C11H14O2/c12-9-4-3-7-11(8-9)13-10-5-1-2-6-10/h3-4,7-8,10,12H,1-2,5-6H2/i4D,8D. The molecular formula is C11H14O2. The second-order valence-electron chi connectivity index (χ2n) is 3.34. The van der Waals surface area contributed by atoms with Crippen molar-refractivity contribution in [3.8, 4) is 11.5 Å². The summed E-state index contributed by atoms with van der Waals surface area (Å²) in [6.45, 7) is 0. The van der Waals surface area contributed by atoms with Crippen LogP contribution in [0.25, 0.3) is 0 Å². The molecule has 1 aliphatic carbocycles. The van der Waals surface area contributed by atoms with Gasteiger partial charge in [0.15, 0.2) is 0 Å². The molecule has 0 aliphatic heterocycles. The third-order valence-corrected chi connectivity index (χ3v) is 2.29. The zero-order chi connectivity index (χ0) is 10.8. The van der Waals surface area contributed by atoms with Gasteiger partial charge in [-0.2, -0.15) is 0 Å². The molecule has 0 spiro atoms. The average molecular weight is 180 g/mol. The maximum absolute atomic E-state index is 9.41. The first kappa shape index (κ1) is 6.30. The molecule has 0 unspecified atom stereocenters. The number of rotatable bonds is 2. The summed E-state index contributed by atoms with van der Waals surface area (Å²) in [5.74, 6) is 0.0842. The summed E-state index contributed by atoms with van der Waals surface area (Å²) < 4.78 is 20.5. The van der Waals surface area contributed by atoms with Crippen LogP contribution in [0.3, 0.4) is 0 Å². The maximum atomic E-state index is 9.41. The smallest absolute Gasteiger partial charge is 0.123 e. The quantitative estimate of drug-likeness (QED) is 0.758. The lowest BCUT2D eigenvalue weighted by atomic mass is 10.3. The topological polar surface area (TPSA) is 29.5 Å². The molecule has 2 heteroatoms. The molecule has 1 N–H and O–H groups in total. The fourth-order valence-corrected chi connectivity index (χ4v) is 1.65. The minimum Gasteiger partial charge on any atom is -0.508 e. The minimum absolute atomic E-state index is 0.0289. The SMILES string of the molecule is [2H]c1ccc(OC2CCCC2)c([2H])c1O. The number of benzene rings is 1. The normalized spacial score (nSPS) is 19.7. The van der Waals surface area contributed by atoms with Gasteiger partial charge in [0.2, 0.25) is 0 Å². The number of hydrogen-bond acceptors (Lipinski definition) is 2. The molecule has 13 heavy (non-hydrogen) atoms. The van der Waals surface area contributed by atoms with Crippen molar-refractivity contribution in [2.24, 2.45) is 0 Å². The van der Waals surface area contributed by atoms with Crippen molar-refractivity contribution < 1.29 is 12.6 Å². The fourth-order valence-electron chi connectivity index (χ4n) is 1.65. The first-order valence-corrected chi connectivity index (χ1v) is 4.64. The van der Waals surface area contributed by atoms with E-state index in [0.717, 1.165) is 12.8 Å². The monoisotopic (exact) mass is 180 g/mol. The largest absolute Gasteiger partial charge is 0.508 e. The predicted molar refractivity (Wildman–Crippen MR) is 51.0 cm³/mol. The Balaban J connectivity index is 2.17. The van der Waals surface area contributed by atoms with Gasteiger partial charge in [-0.25, -0.2) is 0 Å². The van der Waals surface area contributed by atoms with E-state index in [-0.39, 0.29) is 23.9 Å². The average Bonchev–Trinajstić information content (AvgIpc) is 2.72. The summed E-state index contributed by atoms with van der Waals surface area (Å²) in [6, 6.07) is 2.94. The van der Waals surface area contributed by atoms with Crippen molar-refractivity contribution in [1.82, 2.24) is 0 Å². The molecule has 0 radical (unpaired) electrons. The highest BCUT2D eigenvalue weighted by atomic mass is 16.5. The van der Waals surface area contributed by atoms with E-state index in [9.17, 15) is 5.11 Å². The molecule has 70 valence electrons. The molecule has 1 aromatic carbocycles. The third-order valence-electron chi connectivity index (χ3n) is 2.29. The van der Waals surface area contributed by atoms with Gasteiger partial charge in [-0.15, -0.1) is 0 Å². The predicted octanol–water partition coefficient (Wildman–Crippen LogP) is 2.71. The lowest BCUT2D eigenvalue weighted by Crippen LogP contribution is -2.10. The van der Waals surface area contributed by atoms with E-state index in [1.807, 2.05) is 0 Å². The molecule has 0 heterocycles. The third kappa shape index (κ3) is 2.14. The highest BCUT2D eigenvalue weighted by molar-refractivity contribution is 5.31. The summed E-state index contributed by atoms with van der Waals surface area (Å²) in [7, 11) is 0. The lowest BCUT2D eigenvalue weighted by molar-refractivity contribution is 0.209. The van der Waals surface area contributed by atoms with Gasteiger partial charge in [0.25, 0.3) is 0 Å². The van der Waals surface area contributed by atoms with E-state index < -0.39 is 0 Å². The maximum Gasteiger partial charge on any atom is 0.123 e. The molecule has 0 atom stereocenters. The van der Waals surface area contributed by atoms with Crippen LogP contribution in [0, 0.1) is 0 Å². The van der Waals surface area contributed by atoms with E-state index in [0.29, 0.717) is 5.75 Å². The van der Waals surface area contributed by atoms with Crippen LogP contribution >= 0.6 is 0 Å². The first-order valence-electron chi connectivity index (χ1n) is 5.64. The molecule has 1 saturated carbocycles. The van der Waals surface area contributed by atoms with Crippen molar-refractivity contribution >= 4 is 0 Å². The van der Waals surface area contributed by atoms with Crippen LogP contribution in [0.2, 0.25) is 0 Å². The zero-order valence-electron chi connectivity index (χ0n) is 9.42. The number of ether oxygens (including phenoxy) is 1. The summed E-state index contributed by atoms with van der Waals surface area (Å²) in [4.78, 5) is 0. The highest BCUT2D eigenvalue weighted by Gasteiger charge is 2.16. The van der Waals surface area contributed by atoms with Crippen molar-refractivity contribution in [3.05, 3.63) is 24.2 Å². The Morgan fingerprint density at radius 2 is 2.23 bits per heavy atom. The molecular weight excluding hydrogens is 164 g/mol. The second-order valence-corrected chi connectivity index (χ2v) is 3.34. The number of phenols is 1. The Labute approximate surface area is 81.0 Å². The van der Waals surface area contributed by atoms with Crippen LogP contribution in [0.5, 0.6) is 11.5 Å². The number of hydrogen-bond donors (Lipinski definition) is 1. The lowest BCUT2D eigenvalue weighted by Gasteiger charge is -2.12. The minimum atomic E-state index is -0.300. The molecule has 0 amide bonds. The number of aromatic hydroxyl groups is 1. The Kier molecular flexibility index (Phi) is 1.79. The fraction of sp³-hybridized carbons (Fsp3) is 0.455. The van der Waals surface area contributed by atoms with Gasteiger partial charge < -0.3 is 9.84 Å². The van der Waals surface area contributed by atoms with Gasteiger partial charge in [0.1, 0.15) is 11.5 Å². The number of phenolic OH excluding ortho intramolecular Hbond substituents is 1. The van der Waals surface area contributed by atoms with Crippen LogP contribution in [0.1, 0.15) is 28.4 Å². The van der Waals surface area contributed by atoms with Crippen LogP contribution < -0.4 is 4.74 Å². The van der Waals surface area contributed by atoms with Crippen LogP contribution in [-0.4, -0.2) is 11.2 Å². The zero-order valence-corrected chi connectivity index (χ0v) is 7.42. The van der Waals surface area contributed by atoms with Crippen molar-refractivity contribution in [2.45, 2.75) is 31.8 Å². The molecule has 2 nitrogen and oxygen atoms in total.